The minimum atomic E-state index is 0.198. The van der Waals surface area contributed by atoms with Crippen molar-refractivity contribution in [2.45, 2.75) is 17.5 Å². The first-order valence-corrected chi connectivity index (χ1v) is 7.34. The number of nitrogens with one attached hydrogen (secondary N) is 1. The summed E-state index contributed by atoms with van der Waals surface area (Å²) < 4.78 is 5.72. The van der Waals surface area contributed by atoms with E-state index in [4.69, 9.17) is 4.74 Å². The lowest BCUT2D eigenvalue weighted by atomic mass is 10.2. The second-order valence-electron chi connectivity index (χ2n) is 5.17. The molecule has 3 rings (SSSR count). The van der Waals surface area contributed by atoms with Crippen LogP contribution in [0.3, 0.4) is 0 Å². The molecule has 2 heterocycles. The third-order valence-electron chi connectivity index (χ3n) is 3.39. The monoisotopic (exact) mass is 302 g/mol. The smallest absolute Gasteiger partial charge is 0.318 e. The summed E-state index contributed by atoms with van der Waals surface area (Å²) in [4.78, 5) is 11.7. The standard InChI is InChI=1S/C15H18N4OS/c1-19-9-12(10-19)20-15-16-7-6-14(18-15)17-8-11-4-2-3-5-13(11)21/h2-7,12,21H,8-10H2,1H3,(H,16,17,18). The molecule has 1 aliphatic rings. The Kier molecular flexibility index (Phi) is 4.26. The van der Waals surface area contributed by atoms with Gasteiger partial charge >= 0.3 is 6.01 Å². The van der Waals surface area contributed by atoms with E-state index in [-0.39, 0.29) is 6.10 Å². The van der Waals surface area contributed by atoms with Gasteiger partial charge in [0.05, 0.1) is 0 Å². The molecule has 0 atom stereocenters. The van der Waals surface area contributed by atoms with E-state index in [0.29, 0.717) is 12.6 Å². The number of likely N-dealkylation sites (N-methyl/N-ethyl adjacent to an activating group) is 1. The van der Waals surface area contributed by atoms with Crippen LogP contribution in [0.5, 0.6) is 6.01 Å². The van der Waals surface area contributed by atoms with Gasteiger partial charge in [0.25, 0.3) is 0 Å². The molecular weight excluding hydrogens is 284 g/mol. The van der Waals surface area contributed by atoms with Crippen molar-refractivity contribution in [3.8, 4) is 6.01 Å². The fraction of sp³-hybridized carbons (Fsp3) is 0.333. The topological polar surface area (TPSA) is 50.3 Å². The number of aromatic nitrogens is 2. The van der Waals surface area contributed by atoms with Crippen LogP contribution in [0.25, 0.3) is 0 Å². The molecule has 0 aliphatic carbocycles. The van der Waals surface area contributed by atoms with Crippen LogP contribution in [0.1, 0.15) is 5.56 Å². The predicted molar refractivity (Wildman–Crippen MR) is 85.0 cm³/mol. The van der Waals surface area contributed by atoms with Crippen molar-refractivity contribution in [3.05, 3.63) is 42.1 Å². The minimum absolute atomic E-state index is 0.198. The van der Waals surface area contributed by atoms with Gasteiger partial charge in [-0.3, -0.25) is 4.90 Å². The summed E-state index contributed by atoms with van der Waals surface area (Å²) in [6.07, 6.45) is 1.91. The van der Waals surface area contributed by atoms with Gasteiger partial charge < -0.3 is 10.1 Å². The maximum atomic E-state index is 5.72. The fourth-order valence-electron chi connectivity index (χ4n) is 2.21. The fourth-order valence-corrected chi connectivity index (χ4v) is 2.45. The summed E-state index contributed by atoms with van der Waals surface area (Å²) in [6.45, 7) is 2.52. The Labute approximate surface area is 129 Å². The third-order valence-corrected chi connectivity index (χ3v) is 3.82. The number of benzene rings is 1. The Hall–Kier alpha value is -1.79. The van der Waals surface area contributed by atoms with Gasteiger partial charge in [0, 0.05) is 30.7 Å². The molecule has 2 aromatic rings. The van der Waals surface area contributed by atoms with Gasteiger partial charge in [-0.1, -0.05) is 18.2 Å². The van der Waals surface area contributed by atoms with Crippen LogP contribution < -0.4 is 10.1 Å². The number of anilines is 1. The Morgan fingerprint density at radius 1 is 1.33 bits per heavy atom. The van der Waals surface area contributed by atoms with Gasteiger partial charge in [-0.05, 0) is 24.7 Å². The Morgan fingerprint density at radius 3 is 2.90 bits per heavy atom. The number of hydrogen-bond donors (Lipinski definition) is 2. The molecule has 0 spiro atoms. The van der Waals surface area contributed by atoms with E-state index in [1.165, 1.54) is 0 Å². The van der Waals surface area contributed by atoms with E-state index in [1.807, 2.05) is 30.3 Å². The van der Waals surface area contributed by atoms with Crippen molar-refractivity contribution >= 4 is 18.4 Å². The maximum Gasteiger partial charge on any atom is 0.318 e. The molecule has 110 valence electrons. The number of likely N-dealkylation sites (tertiary alicyclic amines) is 1. The summed E-state index contributed by atoms with van der Waals surface area (Å²) in [5.74, 6) is 0.754. The van der Waals surface area contributed by atoms with Gasteiger partial charge in [-0.25, -0.2) is 4.98 Å². The first-order valence-electron chi connectivity index (χ1n) is 6.90. The lowest BCUT2D eigenvalue weighted by Gasteiger charge is -2.35. The molecule has 1 aromatic heterocycles. The maximum absolute atomic E-state index is 5.72. The average Bonchev–Trinajstić information content (AvgIpc) is 2.45. The molecule has 0 amide bonds. The summed E-state index contributed by atoms with van der Waals surface area (Å²) in [6, 6.07) is 10.2. The molecule has 21 heavy (non-hydrogen) atoms. The predicted octanol–water partition coefficient (Wildman–Crippen LogP) is 2.07. The van der Waals surface area contributed by atoms with Gasteiger partial charge in [-0.15, -0.1) is 12.6 Å². The zero-order valence-electron chi connectivity index (χ0n) is 11.9. The molecule has 1 aromatic carbocycles. The van der Waals surface area contributed by atoms with E-state index in [9.17, 15) is 0 Å². The SMILES string of the molecule is CN1CC(Oc2nccc(NCc3ccccc3S)n2)C1. The number of hydrogen-bond acceptors (Lipinski definition) is 6. The Morgan fingerprint density at radius 2 is 2.14 bits per heavy atom. The number of thiol groups is 1. The third kappa shape index (κ3) is 3.65. The van der Waals surface area contributed by atoms with Crippen molar-refractivity contribution < 1.29 is 4.74 Å². The van der Waals surface area contributed by atoms with Gasteiger partial charge in [0.15, 0.2) is 0 Å². The molecule has 0 unspecified atom stereocenters. The molecule has 1 aliphatic heterocycles. The van der Waals surface area contributed by atoms with Crippen LogP contribution in [0, 0.1) is 0 Å². The van der Waals surface area contributed by atoms with Crippen molar-refractivity contribution in [2.75, 3.05) is 25.5 Å². The number of nitrogens with zero attached hydrogens (tertiary/aromatic N) is 3. The van der Waals surface area contributed by atoms with E-state index in [0.717, 1.165) is 29.4 Å². The molecule has 0 saturated carbocycles. The van der Waals surface area contributed by atoms with Crippen molar-refractivity contribution in [1.82, 2.24) is 14.9 Å². The van der Waals surface area contributed by atoms with Crippen LogP contribution >= 0.6 is 12.6 Å². The molecule has 1 fully saturated rings. The zero-order valence-corrected chi connectivity index (χ0v) is 12.8. The van der Waals surface area contributed by atoms with E-state index in [1.54, 1.807) is 6.20 Å². The van der Waals surface area contributed by atoms with Crippen LogP contribution in [-0.4, -0.2) is 41.1 Å². The molecule has 1 saturated heterocycles. The summed E-state index contributed by atoms with van der Waals surface area (Å²) in [7, 11) is 2.06. The highest BCUT2D eigenvalue weighted by Crippen LogP contribution is 2.17. The highest BCUT2D eigenvalue weighted by molar-refractivity contribution is 7.80. The van der Waals surface area contributed by atoms with Crippen molar-refractivity contribution in [3.63, 3.8) is 0 Å². The van der Waals surface area contributed by atoms with E-state index >= 15 is 0 Å². The average molecular weight is 302 g/mol. The highest BCUT2D eigenvalue weighted by Gasteiger charge is 2.25. The second kappa shape index (κ2) is 6.32. The summed E-state index contributed by atoms with van der Waals surface area (Å²) in [5.41, 5.74) is 1.13. The molecule has 1 N–H and O–H groups in total. The van der Waals surface area contributed by atoms with Crippen LogP contribution in [0.2, 0.25) is 0 Å². The lowest BCUT2D eigenvalue weighted by molar-refractivity contribution is 0.0321. The Balaban J connectivity index is 1.59. The van der Waals surface area contributed by atoms with Crippen LogP contribution in [-0.2, 0) is 6.54 Å². The van der Waals surface area contributed by atoms with E-state index in [2.05, 4.69) is 39.9 Å². The first kappa shape index (κ1) is 14.2. The molecular formula is C15H18N4OS. The van der Waals surface area contributed by atoms with Crippen LogP contribution in [0.15, 0.2) is 41.4 Å². The number of ether oxygens (including phenoxy) is 1. The van der Waals surface area contributed by atoms with Crippen LogP contribution in [0.4, 0.5) is 5.82 Å². The van der Waals surface area contributed by atoms with Crippen molar-refractivity contribution in [1.29, 1.82) is 0 Å². The zero-order chi connectivity index (χ0) is 14.7. The van der Waals surface area contributed by atoms with Gasteiger partial charge in [0.2, 0.25) is 0 Å². The van der Waals surface area contributed by atoms with Crippen molar-refractivity contribution in [2.24, 2.45) is 0 Å². The largest absolute Gasteiger partial charge is 0.457 e. The Bertz CT molecular complexity index is 616. The van der Waals surface area contributed by atoms with Gasteiger partial charge in [-0.2, -0.15) is 4.98 Å². The normalized spacial score (nSPS) is 15.5. The van der Waals surface area contributed by atoms with Gasteiger partial charge in [0.1, 0.15) is 11.9 Å². The highest BCUT2D eigenvalue weighted by atomic mass is 32.1. The summed E-state index contributed by atoms with van der Waals surface area (Å²) in [5, 5.41) is 3.27. The second-order valence-corrected chi connectivity index (χ2v) is 5.65. The molecule has 5 nitrogen and oxygen atoms in total. The number of rotatable bonds is 5. The first-order chi connectivity index (χ1) is 10.2. The summed E-state index contributed by atoms with van der Waals surface area (Å²) >= 11 is 4.44. The quantitative estimate of drug-likeness (QED) is 0.828. The lowest BCUT2D eigenvalue weighted by Crippen LogP contribution is -2.51. The molecule has 0 radical (unpaired) electrons. The molecule has 6 heteroatoms. The molecule has 0 bridgehead atoms. The van der Waals surface area contributed by atoms with E-state index < -0.39 is 0 Å². The minimum Gasteiger partial charge on any atom is -0.457 e.